The van der Waals surface area contributed by atoms with Gasteiger partial charge in [-0.1, -0.05) is 19.9 Å². The summed E-state index contributed by atoms with van der Waals surface area (Å²) in [5.41, 5.74) is -0.171. The SMILES string of the molecule is CN(CCc1cccs1)CC(C)(C)CC(=O)O. The van der Waals surface area contributed by atoms with Gasteiger partial charge in [-0.25, -0.2) is 0 Å². The normalized spacial score (nSPS) is 12.0. The van der Waals surface area contributed by atoms with Gasteiger partial charge >= 0.3 is 5.97 Å². The van der Waals surface area contributed by atoms with E-state index < -0.39 is 5.97 Å². The number of carbonyl (C=O) groups is 1. The van der Waals surface area contributed by atoms with Crippen molar-refractivity contribution in [2.75, 3.05) is 20.1 Å². The van der Waals surface area contributed by atoms with Crippen LogP contribution >= 0.6 is 11.3 Å². The van der Waals surface area contributed by atoms with E-state index in [0.29, 0.717) is 0 Å². The summed E-state index contributed by atoms with van der Waals surface area (Å²) in [4.78, 5) is 14.3. The van der Waals surface area contributed by atoms with Gasteiger partial charge in [-0.3, -0.25) is 4.79 Å². The molecule has 1 aromatic heterocycles. The maximum atomic E-state index is 10.7. The summed E-state index contributed by atoms with van der Waals surface area (Å²) in [6.45, 7) is 5.79. The number of carboxylic acids is 1. The van der Waals surface area contributed by atoms with Gasteiger partial charge < -0.3 is 10.0 Å². The second-order valence-electron chi connectivity index (χ2n) is 5.30. The van der Waals surface area contributed by atoms with Crippen LogP contribution in [0.15, 0.2) is 17.5 Å². The lowest BCUT2D eigenvalue weighted by molar-refractivity contribution is -0.139. The van der Waals surface area contributed by atoms with Crippen LogP contribution in [0, 0.1) is 5.41 Å². The Kier molecular flexibility index (Phi) is 5.15. The molecule has 0 fully saturated rings. The van der Waals surface area contributed by atoms with Crippen molar-refractivity contribution in [3.63, 3.8) is 0 Å². The predicted molar refractivity (Wildman–Crippen MR) is 71.6 cm³/mol. The van der Waals surface area contributed by atoms with Gasteiger partial charge in [0, 0.05) is 18.0 Å². The Balaban J connectivity index is 2.33. The third-order valence-corrected chi connectivity index (χ3v) is 3.58. The molecule has 0 saturated carbocycles. The van der Waals surface area contributed by atoms with E-state index in [9.17, 15) is 4.79 Å². The first kappa shape index (κ1) is 14.2. The molecule has 0 spiro atoms. The highest BCUT2D eigenvalue weighted by Gasteiger charge is 2.23. The van der Waals surface area contributed by atoms with E-state index in [1.54, 1.807) is 11.3 Å². The summed E-state index contributed by atoms with van der Waals surface area (Å²) in [5.74, 6) is -0.721. The zero-order valence-corrected chi connectivity index (χ0v) is 11.6. The lowest BCUT2D eigenvalue weighted by atomic mass is 9.89. The lowest BCUT2D eigenvalue weighted by Gasteiger charge is -2.28. The molecular formula is C13H21NO2S. The van der Waals surface area contributed by atoms with Crippen molar-refractivity contribution >= 4 is 17.3 Å². The van der Waals surface area contributed by atoms with Gasteiger partial charge in [0.05, 0.1) is 6.42 Å². The van der Waals surface area contributed by atoms with Crippen molar-refractivity contribution in [3.05, 3.63) is 22.4 Å². The highest BCUT2D eigenvalue weighted by atomic mass is 32.1. The van der Waals surface area contributed by atoms with Crippen molar-refractivity contribution in [1.29, 1.82) is 0 Å². The van der Waals surface area contributed by atoms with E-state index in [2.05, 4.69) is 29.5 Å². The van der Waals surface area contributed by atoms with Gasteiger partial charge in [0.2, 0.25) is 0 Å². The Morgan fingerprint density at radius 3 is 2.76 bits per heavy atom. The molecule has 96 valence electrons. The van der Waals surface area contributed by atoms with Crippen molar-refractivity contribution in [2.45, 2.75) is 26.7 Å². The van der Waals surface area contributed by atoms with Crippen molar-refractivity contribution in [3.8, 4) is 0 Å². The zero-order valence-electron chi connectivity index (χ0n) is 10.8. The Bertz CT molecular complexity index is 346. The number of nitrogens with zero attached hydrogens (tertiary/aromatic N) is 1. The van der Waals surface area contributed by atoms with Gasteiger partial charge in [0.1, 0.15) is 0 Å². The average molecular weight is 255 g/mol. The van der Waals surface area contributed by atoms with Crippen LogP contribution in [0.1, 0.15) is 25.1 Å². The molecule has 0 radical (unpaired) electrons. The Labute approximate surface area is 107 Å². The van der Waals surface area contributed by atoms with Crippen molar-refractivity contribution in [2.24, 2.45) is 5.41 Å². The summed E-state index contributed by atoms with van der Waals surface area (Å²) in [7, 11) is 2.05. The summed E-state index contributed by atoms with van der Waals surface area (Å²) < 4.78 is 0. The van der Waals surface area contributed by atoms with Crippen LogP contribution in [0.2, 0.25) is 0 Å². The van der Waals surface area contributed by atoms with Crippen LogP contribution in [-0.2, 0) is 11.2 Å². The first-order chi connectivity index (χ1) is 7.89. The number of rotatable bonds is 7. The van der Waals surface area contributed by atoms with E-state index >= 15 is 0 Å². The molecule has 0 unspecified atom stereocenters. The Morgan fingerprint density at radius 1 is 1.53 bits per heavy atom. The molecule has 0 aromatic carbocycles. The number of likely N-dealkylation sites (N-methyl/N-ethyl adjacent to an activating group) is 1. The van der Waals surface area contributed by atoms with Crippen molar-refractivity contribution < 1.29 is 9.90 Å². The highest BCUT2D eigenvalue weighted by molar-refractivity contribution is 7.09. The van der Waals surface area contributed by atoms with Crippen LogP contribution in [0.4, 0.5) is 0 Å². The van der Waals surface area contributed by atoms with Crippen LogP contribution in [0.25, 0.3) is 0 Å². The van der Waals surface area contributed by atoms with Crippen LogP contribution in [0.3, 0.4) is 0 Å². The minimum absolute atomic E-state index is 0.171. The molecule has 0 amide bonds. The molecule has 1 N–H and O–H groups in total. The molecule has 17 heavy (non-hydrogen) atoms. The Hall–Kier alpha value is -0.870. The third kappa shape index (κ3) is 5.84. The summed E-state index contributed by atoms with van der Waals surface area (Å²) in [6.07, 6.45) is 1.26. The molecule has 1 aromatic rings. The molecule has 0 bridgehead atoms. The Morgan fingerprint density at radius 2 is 2.24 bits per heavy atom. The van der Waals surface area contributed by atoms with Crippen LogP contribution in [0.5, 0.6) is 0 Å². The van der Waals surface area contributed by atoms with Crippen LogP contribution in [-0.4, -0.2) is 36.1 Å². The van der Waals surface area contributed by atoms with E-state index in [4.69, 9.17) is 5.11 Å². The molecule has 3 nitrogen and oxygen atoms in total. The second kappa shape index (κ2) is 6.17. The maximum absolute atomic E-state index is 10.7. The molecule has 1 heterocycles. The predicted octanol–water partition coefficient (Wildman–Crippen LogP) is 2.72. The van der Waals surface area contributed by atoms with Crippen LogP contribution < -0.4 is 0 Å². The van der Waals surface area contributed by atoms with E-state index in [1.807, 2.05) is 13.8 Å². The zero-order chi connectivity index (χ0) is 12.9. The number of hydrogen-bond donors (Lipinski definition) is 1. The minimum Gasteiger partial charge on any atom is -0.481 e. The molecule has 0 atom stereocenters. The molecule has 0 aliphatic heterocycles. The van der Waals surface area contributed by atoms with Gasteiger partial charge in [0.15, 0.2) is 0 Å². The van der Waals surface area contributed by atoms with Gasteiger partial charge in [-0.15, -0.1) is 11.3 Å². The third-order valence-electron chi connectivity index (χ3n) is 2.65. The molecule has 0 aliphatic carbocycles. The van der Waals surface area contributed by atoms with E-state index in [-0.39, 0.29) is 11.8 Å². The summed E-state index contributed by atoms with van der Waals surface area (Å²) in [6, 6.07) is 4.20. The largest absolute Gasteiger partial charge is 0.481 e. The van der Waals surface area contributed by atoms with Gasteiger partial charge in [0.25, 0.3) is 0 Å². The quantitative estimate of drug-likeness (QED) is 0.814. The number of carboxylic acid groups (broad SMARTS) is 1. The fourth-order valence-corrected chi connectivity index (χ4v) is 2.73. The lowest BCUT2D eigenvalue weighted by Crippen LogP contribution is -2.34. The fraction of sp³-hybridized carbons (Fsp3) is 0.615. The average Bonchev–Trinajstić information content (AvgIpc) is 2.63. The highest BCUT2D eigenvalue weighted by Crippen LogP contribution is 2.21. The monoisotopic (exact) mass is 255 g/mol. The first-order valence-corrected chi connectivity index (χ1v) is 6.70. The van der Waals surface area contributed by atoms with E-state index in [0.717, 1.165) is 19.5 Å². The topological polar surface area (TPSA) is 40.5 Å². The van der Waals surface area contributed by atoms with Crippen molar-refractivity contribution in [1.82, 2.24) is 4.90 Å². The fourth-order valence-electron chi connectivity index (χ4n) is 2.03. The number of thiophene rings is 1. The maximum Gasteiger partial charge on any atom is 0.303 e. The smallest absolute Gasteiger partial charge is 0.303 e. The standard InChI is InChI=1S/C13H21NO2S/c1-13(2,9-12(15)16)10-14(3)7-6-11-5-4-8-17-11/h4-5,8H,6-7,9-10H2,1-3H3,(H,15,16). The second-order valence-corrected chi connectivity index (χ2v) is 6.33. The molecule has 0 aliphatic rings. The summed E-state index contributed by atoms with van der Waals surface area (Å²) in [5, 5.41) is 10.9. The molecular weight excluding hydrogens is 234 g/mol. The first-order valence-electron chi connectivity index (χ1n) is 5.82. The van der Waals surface area contributed by atoms with Gasteiger partial charge in [-0.05, 0) is 30.3 Å². The van der Waals surface area contributed by atoms with Gasteiger partial charge in [-0.2, -0.15) is 0 Å². The minimum atomic E-state index is -0.721. The molecule has 4 heteroatoms. The van der Waals surface area contributed by atoms with E-state index in [1.165, 1.54) is 4.88 Å². The summed E-state index contributed by atoms with van der Waals surface area (Å²) >= 11 is 1.77. The number of hydrogen-bond acceptors (Lipinski definition) is 3. The number of aliphatic carboxylic acids is 1. The molecule has 0 saturated heterocycles. The molecule has 1 rings (SSSR count).